The van der Waals surface area contributed by atoms with E-state index in [1.165, 1.54) is 0 Å². The summed E-state index contributed by atoms with van der Waals surface area (Å²) in [5, 5.41) is 0.00162. The van der Waals surface area contributed by atoms with Crippen molar-refractivity contribution in [3.8, 4) is 0 Å². The molecule has 1 heterocycles. The van der Waals surface area contributed by atoms with Crippen molar-refractivity contribution in [3.63, 3.8) is 0 Å². The van der Waals surface area contributed by atoms with Gasteiger partial charge in [-0.3, -0.25) is 9.69 Å². The van der Waals surface area contributed by atoms with E-state index in [0.29, 0.717) is 5.02 Å². The van der Waals surface area contributed by atoms with Crippen molar-refractivity contribution < 1.29 is 4.79 Å². The molecule has 20 heavy (non-hydrogen) atoms. The van der Waals surface area contributed by atoms with E-state index in [-0.39, 0.29) is 5.91 Å². The molecule has 1 amide bonds. The highest BCUT2D eigenvalue weighted by molar-refractivity contribution is 7.99. The minimum Gasteiger partial charge on any atom is -0.277 e. The fraction of sp³-hybridized carbons (Fsp3) is 0.133. The van der Waals surface area contributed by atoms with E-state index in [1.54, 1.807) is 29.7 Å². The van der Waals surface area contributed by atoms with E-state index in [4.69, 9.17) is 23.2 Å². The minimum absolute atomic E-state index is 0.150. The Balaban J connectivity index is 2.21. The summed E-state index contributed by atoms with van der Waals surface area (Å²) in [5.74, 6) is -0.150. The molecule has 0 fully saturated rings. The topological polar surface area (TPSA) is 20.3 Å². The molecule has 0 saturated heterocycles. The maximum Gasteiger partial charge on any atom is 0.249 e. The Morgan fingerprint density at radius 3 is 2.60 bits per heavy atom. The number of rotatable bonds is 1. The Bertz CT molecular complexity index is 687. The number of hydrogen-bond donors (Lipinski definition) is 0. The molecule has 0 aromatic heterocycles. The van der Waals surface area contributed by atoms with Crippen LogP contribution in [-0.4, -0.2) is 11.3 Å². The number of amides is 1. The van der Waals surface area contributed by atoms with E-state index >= 15 is 0 Å². The number of hydrogen-bond acceptors (Lipinski definition) is 2. The number of benzene rings is 2. The molecule has 0 bridgehead atoms. The molecule has 0 aliphatic carbocycles. The summed E-state index contributed by atoms with van der Waals surface area (Å²) in [7, 11) is 0. The van der Waals surface area contributed by atoms with Crippen LogP contribution in [0, 0.1) is 0 Å². The maximum atomic E-state index is 12.5. The minimum atomic E-state index is -0.599. The number of alkyl halides is 1. The third kappa shape index (κ3) is 2.30. The van der Waals surface area contributed by atoms with Gasteiger partial charge in [0, 0.05) is 14.8 Å². The molecule has 0 unspecified atom stereocenters. The van der Waals surface area contributed by atoms with E-state index in [0.717, 1.165) is 21.2 Å². The quantitative estimate of drug-likeness (QED) is 0.681. The van der Waals surface area contributed by atoms with Crippen LogP contribution in [0.1, 0.15) is 6.92 Å². The Morgan fingerprint density at radius 1 is 1.15 bits per heavy atom. The van der Waals surface area contributed by atoms with Gasteiger partial charge in [-0.05, 0) is 37.3 Å². The van der Waals surface area contributed by atoms with Gasteiger partial charge in [-0.15, -0.1) is 11.6 Å². The summed E-state index contributed by atoms with van der Waals surface area (Å²) in [4.78, 5) is 16.2. The molecule has 1 aliphatic heterocycles. The zero-order chi connectivity index (χ0) is 14.3. The second kappa shape index (κ2) is 5.32. The predicted octanol–water partition coefficient (Wildman–Crippen LogP) is 5.10. The van der Waals surface area contributed by atoms with Gasteiger partial charge in [0.2, 0.25) is 5.91 Å². The highest BCUT2D eigenvalue weighted by Crippen LogP contribution is 2.49. The average Bonchev–Trinajstić information content (AvgIpc) is 2.44. The van der Waals surface area contributed by atoms with Crippen LogP contribution in [0.15, 0.2) is 52.3 Å². The average molecular weight is 324 g/mol. The molecule has 1 atom stereocenters. The van der Waals surface area contributed by atoms with Crippen molar-refractivity contribution in [2.45, 2.75) is 22.1 Å². The van der Waals surface area contributed by atoms with Crippen LogP contribution < -0.4 is 4.90 Å². The number of nitrogens with zero attached hydrogens (tertiary/aromatic N) is 1. The molecule has 2 aromatic rings. The van der Waals surface area contributed by atoms with Crippen molar-refractivity contribution in [1.82, 2.24) is 0 Å². The maximum absolute atomic E-state index is 12.5. The molecular weight excluding hydrogens is 313 g/mol. The van der Waals surface area contributed by atoms with E-state index < -0.39 is 5.38 Å². The molecule has 0 spiro atoms. The summed E-state index contributed by atoms with van der Waals surface area (Å²) >= 11 is 13.7. The lowest BCUT2D eigenvalue weighted by Crippen LogP contribution is -2.33. The van der Waals surface area contributed by atoms with Crippen LogP contribution >= 0.6 is 35.0 Å². The summed E-state index contributed by atoms with van der Waals surface area (Å²) in [6.07, 6.45) is 0. The lowest BCUT2D eigenvalue weighted by Gasteiger charge is -2.31. The van der Waals surface area contributed by atoms with Crippen molar-refractivity contribution in [2.75, 3.05) is 4.90 Å². The van der Waals surface area contributed by atoms with Crippen molar-refractivity contribution >= 4 is 52.2 Å². The van der Waals surface area contributed by atoms with Gasteiger partial charge in [-0.1, -0.05) is 35.5 Å². The molecule has 5 heteroatoms. The fourth-order valence-electron chi connectivity index (χ4n) is 2.14. The monoisotopic (exact) mass is 323 g/mol. The van der Waals surface area contributed by atoms with Crippen molar-refractivity contribution in [2.24, 2.45) is 0 Å². The molecular formula is C15H11Cl2NOS. The largest absolute Gasteiger partial charge is 0.277 e. The van der Waals surface area contributed by atoms with Gasteiger partial charge in [-0.2, -0.15) is 0 Å². The SMILES string of the molecule is C[C@@H](Cl)C(=O)N1c2ccccc2Sc2ccc(Cl)cc21. The van der Waals surface area contributed by atoms with Crippen molar-refractivity contribution in [1.29, 1.82) is 0 Å². The van der Waals surface area contributed by atoms with Gasteiger partial charge in [0.05, 0.1) is 11.4 Å². The number of anilines is 2. The van der Waals surface area contributed by atoms with Crippen LogP contribution in [-0.2, 0) is 4.79 Å². The second-order valence-corrected chi connectivity index (χ2v) is 6.65. The lowest BCUT2D eigenvalue weighted by atomic mass is 10.2. The van der Waals surface area contributed by atoms with Crippen LogP contribution in [0.2, 0.25) is 5.02 Å². The number of para-hydroxylation sites is 1. The Morgan fingerprint density at radius 2 is 1.85 bits per heavy atom. The first kappa shape index (κ1) is 13.8. The third-order valence-corrected chi connectivity index (χ3v) is 4.60. The third-order valence-electron chi connectivity index (χ3n) is 3.05. The van der Waals surface area contributed by atoms with Crippen LogP contribution in [0.25, 0.3) is 0 Å². The molecule has 0 N–H and O–H groups in total. The van der Waals surface area contributed by atoms with Gasteiger partial charge in [0.25, 0.3) is 0 Å². The smallest absolute Gasteiger partial charge is 0.249 e. The summed E-state index contributed by atoms with van der Waals surface area (Å²) in [5.41, 5.74) is 1.64. The van der Waals surface area contributed by atoms with Crippen LogP contribution in [0.4, 0.5) is 11.4 Å². The first-order valence-corrected chi connectivity index (χ1v) is 7.75. The first-order chi connectivity index (χ1) is 9.58. The zero-order valence-electron chi connectivity index (χ0n) is 10.6. The Hall–Kier alpha value is -1.16. The highest BCUT2D eigenvalue weighted by atomic mass is 35.5. The Kier molecular flexibility index (Phi) is 3.67. The van der Waals surface area contributed by atoms with Gasteiger partial charge >= 0.3 is 0 Å². The number of carbonyl (C=O) groups excluding carboxylic acids is 1. The molecule has 2 aromatic carbocycles. The second-order valence-electron chi connectivity index (χ2n) is 4.47. The van der Waals surface area contributed by atoms with Gasteiger partial charge in [-0.25, -0.2) is 0 Å². The predicted molar refractivity (Wildman–Crippen MR) is 84.5 cm³/mol. The highest BCUT2D eigenvalue weighted by Gasteiger charge is 2.30. The molecule has 3 rings (SSSR count). The molecule has 2 nitrogen and oxygen atoms in total. The molecule has 102 valence electrons. The summed E-state index contributed by atoms with van der Waals surface area (Å²) < 4.78 is 0. The first-order valence-electron chi connectivity index (χ1n) is 6.12. The van der Waals surface area contributed by atoms with Crippen LogP contribution in [0.3, 0.4) is 0 Å². The van der Waals surface area contributed by atoms with Gasteiger partial charge in [0.1, 0.15) is 5.38 Å². The lowest BCUT2D eigenvalue weighted by molar-refractivity contribution is -0.117. The summed E-state index contributed by atoms with van der Waals surface area (Å²) in [6.45, 7) is 1.68. The van der Waals surface area contributed by atoms with Crippen molar-refractivity contribution in [3.05, 3.63) is 47.5 Å². The van der Waals surface area contributed by atoms with Gasteiger partial charge in [0.15, 0.2) is 0 Å². The normalized spacial score (nSPS) is 14.4. The fourth-order valence-corrected chi connectivity index (χ4v) is 3.45. The number of halogens is 2. The van der Waals surface area contributed by atoms with E-state index in [1.807, 2.05) is 36.4 Å². The number of carbonyl (C=O) groups is 1. The zero-order valence-corrected chi connectivity index (χ0v) is 13.0. The Labute approximate surface area is 131 Å². The standard InChI is InChI=1S/C15H11Cl2NOS/c1-9(16)15(19)18-11-4-2-3-5-13(11)20-14-7-6-10(17)8-12(14)18/h2-9H,1H3/t9-/m1/s1. The molecule has 0 radical (unpaired) electrons. The molecule has 1 aliphatic rings. The number of fused-ring (bicyclic) bond motifs is 2. The summed E-state index contributed by atoms with van der Waals surface area (Å²) in [6, 6.07) is 13.3. The van der Waals surface area contributed by atoms with Crippen LogP contribution in [0.5, 0.6) is 0 Å². The van der Waals surface area contributed by atoms with E-state index in [2.05, 4.69) is 0 Å². The van der Waals surface area contributed by atoms with Gasteiger partial charge < -0.3 is 0 Å². The van der Waals surface area contributed by atoms with E-state index in [9.17, 15) is 4.79 Å². The molecule has 0 saturated carbocycles.